The highest BCUT2D eigenvalue weighted by Gasteiger charge is 2.37. The summed E-state index contributed by atoms with van der Waals surface area (Å²) in [7, 11) is -1.51. The molecule has 0 unspecified atom stereocenters. The van der Waals surface area contributed by atoms with Crippen molar-refractivity contribution in [3.8, 4) is 0 Å². The highest BCUT2D eigenvalue weighted by molar-refractivity contribution is 7.90. The number of aryl methyl sites for hydroxylation is 1. The Morgan fingerprint density at radius 2 is 1.46 bits per heavy atom. The van der Waals surface area contributed by atoms with Gasteiger partial charge in [-0.05, 0) is 60.4 Å². The number of aromatic nitrogens is 1. The first-order chi connectivity index (χ1) is 22.2. The second-order valence-electron chi connectivity index (χ2n) is 11.3. The minimum Gasteiger partial charge on any atom is -0.466 e. The summed E-state index contributed by atoms with van der Waals surface area (Å²) in [5, 5.41) is 0.787. The monoisotopic (exact) mass is 634 g/mol. The Balaban J connectivity index is 1.66. The summed E-state index contributed by atoms with van der Waals surface area (Å²) in [4.78, 5) is 28.3. The SMILES string of the molecule is COC(=O)/C1=C/N(Cc2ccccc2)CCc2c(n(S(=O)(=O)c3ccc(C)cc3)c3ccccc23)[C@H]1c1ccc(C(=O)OC)cc1. The van der Waals surface area contributed by atoms with Crippen molar-refractivity contribution in [1.82, 2.24) is 8.87 Å². The maximum Gasteiger partial charge on any atom is 0.337 e. The second-order valence-corrected chi connectivity index (χ2v) is 13.1. The zero-order valence-electron chi connectivity index (χ0n) is 25.8. The van der Waals surface area contributed by atoms with Crippen molar-refractivity contribution in [2.45, 2.75) is 30.7 Å². The lowest BCUT2D eigenvalue weighted by Crippen LogP contribution is -2.29. The van der Waals surface area contributed by atoms with Crippen LogP contribution in [0.4, 0.5) is 0 Å². The van der Waals surface area contributed by atoms with Gasteiger partial charge in [-0.25, -0.2) is 22.0 Å². The van der Waals surface area contributed by atoms with Crippen LogP contribution in [-0.2, 0) is 37.3 Å². The third-order valence-corrected chi connectivity index (χ3v) is 10.1. The first-order valence-corrected chi connectivity index (χ1v) is 16.4. The summed E-state index contributed by atoms with van der Waals surface area (Å²) in [6.07, 6.45) is 2.31. The third kappa shape index (κ3) is 5.70. The molecule has 6 rings (SSSR count). The molecule has 0 spiro atoms. The van der Waals surface area contributed by atoms with E-state index in [2.05, 4.69) is 4.90 Å². The molecule has 9 heteroatoms. The van der Waals surface area contributed by atoms with Crippen LogP contribution in [0, 0.1) is 6.92 Å². The number of methoxy groups -OCH3 is 2. The predicted molar refractivity (Wildman–Crippen MR) is 176 cm³/mol. The second kappa shape index (κ2) is 12.7. The zero-order chi connectivity index (χ0) is 32.4. The minimum atomic E-state index is -4.14. The van der Waals surface area contributed by atoms with Gasteiger partial charge in [0.15, 0.2) is 0 Å². The number of fused-ring (bicyclic) bond motifs is 3. The summed E-state index contributed by atoms with van der Waals surface area (Å²) < 4.78 is 41.0. The van der Waals surface area contributed by atoms with Crippen molar-refractivity contribution < 1.29 is 27.5 Å². The summed E-state index contributed by atoms with van der Waals surface area (Å²) in [5.41, 5.74) is 5.02. The van der Waals surface area contributed by atoms with E-state index in [1.165, 1.54) is 18.2 Å². The fourth-order valence-electron chi connectivity index (χ4n) is 6.16. The lowest BCUT2D eigenvalue weighted by Gasteiger charge is -2.30. The van der Waals surface area contributed by atoms with Gasteiger partial charge in [-0.2, -0.15) is 0 Å². The molecule has 0 saturated heterocycles. The van der Waals surface area contributed by atoms with Crippen LogP contribution < -0.4 is 0 Å². The number of rotatable bonds is 7. The molecule has 0 bridgehead atoms. The van der Waals surface area contributed by atoms with Gasteiger partial charge >= 0.3 is 11.9 Å². The van der Waals surface area contributed by atoms with E-state index < -0.39 is 27.9 Å². The topological polar surface area (TPSA) is 94.9 Å². The molecule has 0 saturated carbocycles. The van der Waals surface area contributed by atoms with Crippen LogP contribution in [0.3, 0.4) is 0 Å². The molecule has 1 aliphatic heterocycles. The minimum absolute atomic E-state index is 0.137. The molecule has 1 aliphatic rings. The maximum atomic E-state index is 14.7. The van der Waals surface area contributed by atoms with Crippen LogP contribution in [-0.4, -0.2) is 50.0 Å². The Kier molecular flexibility index (Phi) is 8.51. The average Bonchev–Trinajstić information content (AvgIpc) is 3.40. The standard InChI is InChI=1S/C37H34N2O6S/c1-25-13-19-29(20-14-25)46(42,43)39-33-12-8-7-11-30(33)31-21-22-38(23-26-9-5-4-6-10-26)24-32(37(41)45-3)34(35(31)39)27-15-17-28(18-16-27)36(40)44-2/h4-20,24,34H,21-23H2,1-3H3/b32-24+/t34-/m0/s1. The highest BCUT2D eigenvalue weighted by atomic mass is 32.2. The number of carbonyl (C=O) groups excluding carboxylic acids is 2. The smallest absolute Gasteiger partial charge is 0.337 e. The summed E-state index contributed by atoms with van der Waals surface area (Å²) in [6.45, 7) is 2.96. The molecule has 2 heterocycles. The fourth-order valence-corrected chi connectivity index (χ4v) is 7.75. The van der Waals surface area contributed by atoms with Gasteiger partial charge in [-0.1, -0.05) is 78.4 Å². The number of hydrogen-bond acceptors (Lipinski definition) is 7. The Labute approximate surface area is 268 Å². The van der Waals surface area contributed by atoms with Crippen molar-refractivity contribution in [3.05, 3.63) is 148 Å². The number of hydrogen-bond donors (Lipinski definition) is 0. The van der Waals surface area contributed by atoms with Crippen molar-refractivity contribution in [3.63, 3.8) is 0 Å². The molecule has 234 valence electrons. The van der Waals surface area contributed by atoms with Gasteiger partial charge in [0.1, 0.15) is 0 Å². The Hall–Kier alpha value is -5.15. The number of para-hydroxylation sites is 1. The third-order valence-electron chi connectivity index (χ3n) is 8.40. The van der Waals surface area contributed by atoms with Crippen molar-refractivity contribution in [2.75, 3.05) is 20.8 Å². The quantitative estimate of drug-likeness (QED) is 0.196. The molecule has 0 aliphatic carbocycles. The van der Waals surface area contributed by atoms with Crippen molar-refractivity contribution in [2.24, 2.45) is 0 Å². The molecule has 4 aromatic carbocycles. The highest BCUT2D eigenvalue weighted by Crippen LogP contribution is 2.43. The van der Waals surface area contributed by atoms with E-state index in [4.69, 9.17) is 9.47 Å². The molecule has 0 fully saturated rings. The van der Waals surface area contributed by atoms with Crippen LogP contribution in [0.25, 0.3) is 10.9 Å². The Bertz CT molecular complexity index is 2050. The Morgan fingerprint density at radius 1 is 0.804 bits per heavy atom. The number of esters is 2. The van der Waals surface area contributed by atoms with Gasteiger partial charge in [0, 0.05) is 24.7 Å². The number of ether oxygens (including phenoxy) is 2. The predicted octanol–water partition coefficient (Wildman–Crippen LogP) is 6.22. The number of benzene rings is 4. The molecular formula is C37H34N2O6S. The number of nitrogens with zero attached hydrogens (tertiary/aromatic N) is 2. The van der Waals surface area contributed by atoms with Gasteiger partial charge < -0.3 is 14.4 Å². The molecule has 5 aromatic rings. The lowest BCUT2D eigenvalue weighted by atomic mass is 9.84. The van der Waals surface area contributed by atoms with E-state index in [-0.39, 0.29) is 10.5 Å². The summed E-state index contributed by atoms with van der Waals surface area (Å²) in [5.74, 6) is -1.95. The van der Waals surface area contributed by atoms with Crippen molar-refractivity contribution in [1.29, 1.82) is 0 Å². The fraction of sp³-hybridized carbons (Fsp3) is 0.189. The van der Waals surface area contributed by atoms with Gasteiger partial charge in [0.05, 0.1) is 47.4 Å². The van der Waals surface area contributed by atoms with E-state index in [0.717, 1.165) is 22.1 Å². The lowest BCUT2D eigenvalue weighted by molar-refractivity contribution is -0.136. The van der Waals surface area contributed by atoms with Crippen molar-refractivity contribution >= 4 is 32.9 Å². The maximum absolute atomic E-state index is 14.7. The van der Waals surface area contributed by atoms with Crippen LogP contribution in [0.5, 0.6) is 0 Å². The first-order valence-electron chi connectivity index (χ1n) is 14.9. The van der Waals surface area contributed by atoms with Gasteiger partial charge in [-0.3, -0.25) is 0 Å². The van der Waals surface area contributed by atoms with E-state index in [1.54, 1.807) is 60.8 Å². The Morgan fingerprint density at radius 3 is 2.13 bits per heavy atom. The molecular weight excluding hydrogens is 600 g/mol. The van der Waals surface area contributed by atoms with E-state index in [9.17, 15) is 18.0 Å². The summed E-state index contributed by atoms with van der Waals surface area (Å²) in [6, 6.07) is 30.9. The average molecular weight is 635 g/mol. The molecule has 46 heavy (non-hydrogen) atoms. The molecule has 8 nitrogen and oxygen atoms in total. The van der Waals surface area contributed by atoms with Gasteiger partial charge in [0.2, 0.25) is 0 Å². The zero-order valence-corrected chi connectivity index (χ0v) is 26.7. The van der Waals surface area contributed by atoms with Crippen LogP contribution in [0.2, 0.25) is 0 Å². The van der Waals surface area contributed by atoms with E-state index >= 15 is 0 Å². The van der Waals surface area contributed by atoms with Crippen LogP contribution >= 0.6 is 0 Å². The number of carbonyl (C=O) groups is 2. The van der Waals surface area contributed by atoms with Crippen LogP contribution in [0.1, 0.15) is 44.2 Å². The van der Waals surface area contributed by atoms with E-state index in [1.807, 2.05) is 55.5 Å². The molecule has 0 radical (unpaired) electrons. The van der Waals surface area contributed by atoms with E-state index in [0.29, 0.717) is 41.8 Å². The van der Waals surface area contributed by atoms with Crippen LogP contribution in [0.15, 0.2) is 120 Å². The van der Waals surface area contributed by atoms with Gasteiger partial charge in [0.25, 0.3) is 10.0 Å². The molecule has 1 atom stereocenters. The summed E-state index contributed by atoms with van der Waals surface area (Å²) >= 11 is 0. The normalized spacial score (nSPS) is 16.1. The molecule has 0 amide bonds. The van der Waals surface area contributed by atoms with Gasteiger partial charge in [-0.15, -0.1) is 0 Å². The molecule has 1 aromatic heterocycles. The molecule has 0 N–H and O–H groups in total. The largest absolute Gasteiger partial charge is 0.466 e. The first kappa shape index (κ1) is 30.9.